The molecule has 4 nitrogen and oxygen atoms in total. The highest BCUT2D eigenvalue weighted by molar-refractivity contribution is 5.87. The number of hydrogen-bond acceptors (Lipinski definition) is 2. The van der Waals surface area contributed by atoms with Crippen molar-refractivity contribution in [2.75, 3.05) is 6.54 Å². The van der Waals surface area contributed by atoms with Gasteiger partial charge in [0.2, 0.25) is 11.8 Å². The molecule has 2 fully saturated rings. The molecule has 1 aliphatic carbocycles. The van der Waals surface area contributed by atoms with Crippen LogP contribution in [0.5, 0.6) is 0 Å². The zero-order valence-electron chi connectivity index (χ0n) is 13.3. The van der Waals surface area contributed by atoms with E-state index in [4.69, 9.17) is 0 Å². The summed E-state index contributed by atoms with van der Waals surface area (Å²) in [5, 5.41) is 2.85. The van der Waals surface area contributed by atoms with E-state index >= 15 is 0 Å². The number of nitrogens with zero attached hydrogens (tertiary/aromatic N) is 1. The molecule has 0 aromatic heterocycles. The number of benzene rings is 1. The fraction of sp³-hybridized carbons (Fsp3) is 0.529. The zero-order chi connectivity index (χ0) is 17.5. The predicted molar refractivity (Wildman–Crippen MR) is 80.7 cm³/mol. The van der Waals surface area contributed by atoms with Crippen LogP contribution in [-0.2, 0) is 22.3 Å². The van der Waals surface area contributed by atoms with Crippen molar-refractivity contribution in [3.05, 3.63) is 35.4 Å². The Bertz CT molecular complexity index is 668. The SMILES string of the molecule is CC1(C(=O)NC2CC(=O)N(Cc3ccccc3C(F)(F)F)C2)CC1. The van der Waals surface area contributed by atoms with Crippen LogP contribution in [0.3, 0.4) is 0 Å². The molecule has 1 aliphatic heterocycles. The minimum atomic E-state index is -4.45. The highest BCUT2D eigenvalue weighted by Gasteiger charge is 2.46. The van der Waals surface area contributed by atoms with E-state index in [-0.39, 0.29) is 48.3 Å². The molecule has 24 heavy (non-hydrogen) atoms. The number of nitrogens with one attached hydrogen (secondary N) is 1. The molecule has 1 unspecified atom stereocenters. The van der Waals surface area contributed by atoms with Crippen molar-refractivity contribution in [1.82, 2.24) is 10.2 Å². The number of amides is 2. The van der Waals surface area contributed by atoms with Crippen LogP contribution in [0, 0.1) is 5.41 Å². The van der Waals surface area contributed by atoms with Gasteiger partial charge in [-0.3, -0.25) is 9.59 Å². The van der Waals surface area contributed by atoms with E-state index in [1.165, 1.54) is 23.1 Å². The van der Waals surface area contributed by atoms with Crippen LogP contribution in [0.4, 0.5) is 13.2 Å². The number of carbonyl (C=O) groups excluding carboxylic acids is 2. The van der Waals surface area contributed by atoms with Gasteiger partial charge in [0.1, 0.15) is 0 Å². The highest BCUT2D eigenvalue weighted by Crippen LogP contribution is 2.45. The van der Waals surface area contributed by atoms with Gasteiger partial charge in [0.05, 0.1) is 11.6 Å². The van der Waals surface area contributed by atoms with Gasteiger partial charge in [-0.15, -0.1) is 0 Å². The van der Waals surface area contributed by atoms with Crippen molar-refractivity contribution >= 4 is 11.8 Å². The van der Waals surface area contributed by atoms with Crippen LogP contribution in [0.15, 0.2) is 24.3 Å². The van der Waals surface area contributed by atoms with E-state index in [0.29, 0.717) is 0 Å². The van der Waals surface area contributed by atoms with Gasteiger partial charge < -0.3 is 10.2 Å². The number of likely N-dealkylation sites (tertiary alicyclic amines) is 1. The molecule has 2 amide bonds. The summed E-state index contributed by atoms with van der Waals surface area (Å²) in [5.74, 6) is -0.309. The molecule has 0 bridgehead atoms. The van der Waals surface area contributed by atoms with Crippen LogP contribution < -0.4 is 5.32 Å². The quantitative estimate of drug-likeness (QED) is 0.916. The lowest BCUT2D eigenvalue weighted by Gasteiger charge is -2.20. The number of halogens is 3. The Morgan fingerprint density at radius 3 is 2.62 bits per heavy atom. The highest BCUT2D eigenvalue weighted by atomic mass is 19.4. The van der Waals surface area contributed by atoms with Gasteiger partial charge >= 0.3 is 6.18 Å². The first kappa shape index (κ1) is 16.8. The van der Waals surface area contributed by atoms with E-state index in [1.807, 2.05) is 6.92 Å². The Hall–Kier alpha value is -2.05. The Morgan fingerprint density at radius 2 is 2.00 bits per heavy atom. The average molecular weight is 340 g/mol. The Morgan fingerprint density at radius 1 is 1.33 bits per heavy atom. The third kappa shape index (κ3) is 3.39. The second-order valence-electron chi connectivity index (χ2n) is 6.86. The first-order valence-corrected chi connectivity index (χ1v) is 7.93. The molecule has 7 heteroatoms. The van der Waals surface area contributed by atoms with Crippen LogP contribution in [-0.4, -0.2) is 29.3 Å². The Kier molecular flexibility index (Phi) is 4.05. The molecule has 130 valence electrons. The maximum absolute atomic E-state index is 13.0. The van der Waals surface area contributed by atoms with Gasteiger partial charge in [-0.1, -0.05) is 25.1 Å². The molecule has 1 N–H and O–H groups in total. The summed E-state index contributed by atoms with van der Waals surface area (Å²) in [6, 6.07) is 4.92. The Balaban J connectivity index is 1.66. The second-order valence-corrected chi connectivity index (χ2v) is 6.86. The second kappa shape index (κ2) is 5.79. The monoisotopic (exact) mass is 340 g/mol. The summed E-state index contributed by atoms with van der Waals surface area (Å²) in [6.07, 6.45) is -2.64. The minimum absolute atomic E-state index is 0.0690. The van der Waals surface area contributed by atoms with E-state index in [0.717, 1.165) is 18.9 Å². The van der Waals surface area contributed by atoms with Crippen LogP contribution in [0.1, 0.15) is 37.3 Å². The van der Waals surface area contributed by atoms with Crippen molar-refractivity contribution in [2.45, 2.75) is 44.9 Å². The predicted octanol–water partition coefficient (Wildman–Crippen LogP) is 2.72. The number of hydrogen-bond donors (Lipinski definition) is 1. The molecule has 3 rings (SSSR count). The summed E-state index contributed by atoms with van der Waals surface area (Å²) in [5.41, 5.74) is -0.991. The molecule has 1 aromatic carbocycles. The van der Waals surface area contributed by atoms with Crippen LogP contribution >= 0.6 is 0 Å². The van der Waals surface area contributed by atoms with E-state index < -0.39 is 11.7 Å². The molecule has 1 heterocycles. The molecule has 1 saturated heterocycles. The average Bonchev–Trinajstić information content (AvgIpc) is 3.16. The summed E-state index contributed by atoms with van der Waals surface area (Å²) < 4.78 is 39.1. The maximum Gasteiger partial charge on any atom is 0.416 e. The fourth-order valence-corrected chi connectivity index (χ4v) is 2.94. The van der Waals surface area contributed by atoms with Crippen molar-refractivity contribution in [3.63, 3.8) is 0 Å². The van der Waals surface area contributed by atoms with Gasteiger partial charge in [0, 0.05) is 24.9 Å². The molecule has 0 spiro atoms. The van der Waals surface area contributed by atoms with E-state index in [9.17, 15) is 22.8 Å². The lowest BCUT2D eigenvalue weighted by molar-refractivity contribution is -0.139. The van der Waals surface area contributed by atoms with Gasteiger partial charge in [-0.25, -0.2) is 0 Å². The summed E-state index contributed by atoms with van der Waals surface area (Å²) in [4.78, 5) is 25.5. The van der Waals surface area contributed by atoms with Crippen molar-refractivity contribution in [2.24, 2.45) is 5.41 Å². The number of rotatable bonds is 4. The summed E-state index contributed by atoms with van der Waals surface area (Å²) in [6.45, 7) is 2.02. The topological polar surface area (TPSA) is 49.4 Å². The van der Waals surface area contributed by atoms with Crippen molar-refractivity contribution in [1.29, 1.82) is 0 Å². The normalized spacial score (nSPS) is 22.6. The summed E-state index contributed by atoms with van der Waals surface area (Å²) in [7, 11) is 0. The third-order valence-electron chi connectivity index (χ3n) is 4.78. The van der Waals surface area contributed by atoms with Crippen molar-refractivity contribution < 1.29 is 22.8 Å². The largest absolute Gasteiger partial charge is 0.416 e. The molecular weight excluding hydrogens is 321 g/mol. The standard InChI is InChI=1S/C17H19F3N2O2/c1-16(6-7-16)15(24)21-12-8-14(23)22(10-12)9-11-4-2-3-5-13(11)17(18,19)20/h2-5,12H,6-10H2,1H3,(H,21,24). The fourth-order valence-electron chi connectivity index (χ4n) is 2.94. The molecule has 0 radical (unpaired) electrons. The van der Waals surface area contributed by atoms with E-state index in [1.54, 1.807) is 0 Å². The molecule has 2 aliphatic rings. The zero-order valence-corrected chi connectivity index (χ0v) is 13.3. The minimum Gasteiger partial charge on any atom is -0.351 e. The first-order valence-electron chi connectivity index (χ1n) is 7.93. The smallest absolute Gasteiger partial charge is 0.351 e. The van der Waals surface area contributed by atoms with Gasteiger partial charge in [0.25, 0.3) is 0 Å². The molecule has 1 aromatic rings. The van der Waals surface area contributed by atoms with Gasteiger partial charge in [-0.2, -0.15) is 13.2 Å². The van der Waals surface area contributed by atoms with Crippen molar-refractivity contribution in [3.8, 4) is 0 Å². The lowest BCUT2D eigenvalue weighted by atomic mass is 10.1. The molecular formula is C17H19F3N2O2. The number of alkyl halides is 3. The van der Waals surface area contributed by atoms with Gasteiger partial charge in [-0.05, 0) is 24.5 Å². The van der Waals surface area contributed by atoms with E-state index in [2.05, 4.69) is 5.32 Å². The lowest BCUT2D eigenvalue weighted by Crippen LogP contribution is -2.40. The molecule has 1 saturated carbocycles. The Labute approximate surface area is 138 Å². The van der Waals surface area contributed by atoms with Crippen LogP contribution in [0.25, 0.3) is 0 Å². The van der Waals surface area contributed by atoms with Gasteiger partial charge in [0.15, 0.2) is 0 Å². The van der Waals surface area contributed by atoms with Crippen LogP contribution in [0.2, 0.25) is 0 Å². The maximum atomic E-state index is 13.0. The molecule has 1 atom stereocenters. The third-order valence-corrected chi connectivity index (χ3v) is 4.78. The number of carbonyl (C=O) groups is 2. The first-order chi connectivity index (χ1) is 11.2. The summed E-state index contributed by atoms with van der Waals surface area (Å²) >= 11 is 0.